The molecule has 2 heterocycles. The Labute approximate surface area is 177 Å². The SMILES string of the molecule is COC(=O)c1cn(-c2cc(Cl)ccc2OC)cc2c(=O)n(-c3ccccc3C)nc1-2. The highest BCUT2D eigenvalue weighted by atomic mass is 35.5. The second kappa shape index (κ2) is 7.68. The van der Waals surface area contributed by atoms with E-state index in [0.29, 0.717) is 22.1 Å². The van der Waals surface area contributed by atoms with E-state index in [0.717, 1.165) is 5.56 Å². The number of aromatic nitrogens is 3. The van der Waals surface area contributed by atoms with Crippen LogP contribution in [0.3, 0.4) is 0 Å². The third-order valence-electron chi connectivity index (χ3n) is 4.84. The lowest BCUT2D eigenvalue weighted by Crippen LogP contribution is -2.16. The summed E-state index contributed by atoms with van der Waals surface area (Å²) in [5, 5.41) is 4.92. The minimum Gasteiger partial charge on any atom is -0.495 e. The Balaban J connectivity index is 2.05. The van der Waals surface area contributed by atoms with Crippen molar-refractivity contribution in [2.75, 3.05) is 14.2 Å². The van der Waals surface area contributed by atoms with E-state index >= 15 is 0 Å². The second-order valence-electron chi connectivity index (χ2n) is 6.65. The van der Waals surface area contributed by atoms with Crippen molar-refractivity contribution < 1.29 is 14.3 Å². The number of esters is 1. The van der Waals surface area contributed by atoms with Crippen LogP contribution in [0.4, 0.5) is 0 Å². The van der Waals surface area contributed by atoms with Crippen molar-refractivity contribution in [3.8, 4) is 28.4 Å². The number of para-hydroxylation sites is 1. The summed E-state index contributed by atoms with van der Waals surface area (Å²) in [6.45, 7) is 1.89. The molecule has 0 spiro atoms. The summed E-state index contributed by atoms with van der Waals surface area (Å²) < 4.78 is 13.3. The molecule has 8 heteroatoms. The van der Waals surface area contributed by atoms with Crippen molar-refractivity contribution in [1.29, 1.82) is 0 Å². The molecule has 152 valence electrons. The average molecular weight is 424 g/mol. The summed E-state index contributed by atoms with van der Waals surface area (Å²) in [6, 6.07) is 12.5. The van der Waals surface area contributed by atoms with Crippen LogP contribution in [0.15, 0.2) is 59.7 Å². The van der Waals surface area contributed by atoms with Gasteiger partial charge in [-0.1, -0.05) is 29.8 Å². The van der Waals surface area contributed by atoms with Gasteiger partial charge < -0.3 is 14.0 Å². The monoisotopic (exact) mass is 423 g/mol. The molecule has 0 N–H and O–H groups in total. The first kappa shape index (κ1) is 19.7. The third-order valence-corrected chi connectivity index (χ3v) is 5.07. The molecule has 0 fully saturated rings. The first-order valence-corrected chi connectivity index (χ1v) is 9.45. The number of hydrogen-bond acceptors (Lipinski definition) is 5. The predicted octanol–water partition coefficient (Wildman–Crippen LogP) is 3.89. The van der Waals surface area contributed by atoms with Gasteiger partial charge in [-0.3, -0.25) is 4.79 Å². The number of fused-ring (bicyclic) bond motifs is 1. The molecule has 2 aromatic rings. The molecule has 0 bridgehead atoms. The van der Waals surface area contributed by atoms with E-state index < -0.39 is 5.97 Å². The molecule has 7 nitrogen and oxygen atoms in total. The zero-order valence-corrected chi connectivity index (χ0v) is 17.3. The summed E-state index contributed by atoms with van der Waals surface area (Å²) in [6.07, 6.45) is 3.16. The molecule has 0 saturated carbocycles. The zero-order valence-electron chi connectivity index (χ0n) is 16.5. The summed E-state index contributed by atoms with van der Waals surface area (Å²) in [5.74, 6) is -0.0805. The van der Waals surface area contributed by atoms with Gasteiger partial charge in [0.05, 0.1) is 31.2 Å². The lowest BCUT2D eigenvalue weighted by atomic mass is 10.1. The number of methoxy groups -OCH3 is 2. The number of aryl methyl sites for hydroxylation is 1. The van der Waals surface area contributed by atoms with E-state index in [2.05, 4.69) is 5.10 Å². The number of halogens is 1. The lowest BCUT2D eigenvalue weighted by Gasteiger charge is -2.15. The van der Waals surface area contributed by atoms with E-state index in [1.807, 2.05) is 25.1 Å². The zero-order chi connectivity index (χ0) is 21.4. The molecule has 0 unspecified atom stereocenters. The molecule has 0 saturated heterocycles. The predicted molar refractivity (Wildman–Crippen MR) is 113 cm³/mol. The van der Waals surface area contributed by atoms with E-state index in [1.165, 1.54) is 18.9 Å². The average Bonchev–Trinajstić information content (AvgIpc) is 3.09. The number of nitrogens with zero attached hydrogens (tertiary/aromatic N) is 3. The van der Waals surface area contributed by atoms with Crippen LogP contribution < -0.4 is 10.3 Å². The highest BCUT2D eigenvalue weighted by Gasteiger charge is 2.26. The largest absolute Gasteiger partial charge is 0.495 e. The lowest BCUT2D eigenvalue weighted by molar-refractivity contribution is 0.0600. The number of carbonyl (C=O) groups excluding carboxylic acids is 1. The van der Waals surface area contributed by atoms with Crippen LogP contribution in [0, 0.1) is 6.92 Å². The molecule has 2 aliphatic rings. The Bertz CT molecular complexity index is 1290. The highest BCUT2D eigenvalue weighted by molar-refractivity contribution is 6.30. The van der Waals surface area contributed by atoms with E-state index in [4.69, 9.17) is 21.1 Å². The van der Waals surface area contributed by atoms with Crippen LogP contribution in [0.5, 0.6) is 5.75 Å². The van der Waals surface area contributed by atoms with Gasteiger partial charge in [-0.25, -0.2) is 4.79 Å². The molecule has 0 amide bonds. The van der Waals surface area contributed by atoms with Gasteiger partial charge in [0.25, 0.3) is 5.56 Å². The molecular weight excluding hydrogens is 406 g/mol. The van der Waals surface area contributed by atoms with Crippen LogP contribution in [0.25, 0.3) is 22.6 Å². The second-order valence-corrected chi connectivity index (χ2v) is 7.09. The first-order valence-electron chi connectivity index (χ1n) is 9.08. The van der Waals surface area contributed by atoms with Crippen LogP contribution in [-0.4, -0.2) is 34.5 Å². The van der Waals surface area contributed by atoms with Crippen molar-refractivity contribution in [2.24, 2.45) is 0 Å². The minimum absolute atomic E-state index is 0.154. The molecular formula is C22H18ClN3O4. The molecule has 30 heavy (non-hydrogen) atoms. The van der Waals surface area contributed by atoms with Gasteiger partial charge in [0.1, 0.15) is 17.0 Å². The van der Waals surface area contributed by atoms with Crippen LogP contribution >= 0.6 is 11.6 Å². The summed E-state index contributed by atoms with van der Waals surface area (Å²) in [7, 11) is 2.81. The molecule has 0 aromatic heterocycles. The van der Waals surface area contributed by atoms with Crippen molar-refractivity contribution in [2.45, 2.75) is 6.92 Å². The highest BCUT2D eigenvalue weighted by Crippen LogP contribution is 2.30. The smallest absolute Gasteiger partial charge is 0.341 e. The van der Waals surface area contributed by atoms with Gasteiger partial charge in [0.15, 0.2) is 0 Å². The minimum atomic E-state index is -0.607. The summed E-state index contributed by atoms with van der Waals surface area (Å²) in [4.78, 5) is 25.7. The van der Waals surface area contributed by atoms with Crippen molar-refractivity contribution >= 4 is 17.6 Å². The molecule has 0 atom stereocenters. The van der Waals surface area contributed by atoms with Gasteiger partial charge in [0, 0.05) is 17.4 Å². The van der Waals surface area contributed by atoms with Gasteiger partial charge >= 0.3 is 5.97 Å². The molecule has 0 radical (unpaired) electrons. The Hall–Kier alpha value is -3.58. The number of rotatable bonds is 4. The number of hydrogen-bond donors (Lipinski definition) is 0. The normalized spacial score (nSPS) is 10.9. The van der Waals surface area contributed by atoms with Crippen LogP contribution in [0.1, 0.15) is 15.9 Å². The van der Waals surface area contributed by atoms with Gasteiger partial charge in [-0.2, -0.15) is 9.78 Å². The Morgan fingerprint density at radius 3 is 2.53 bits per heavy atom. The fourth-order valence-electron chi connectivity index (χ4n) is 3.33. The van der Waals surface area contributed by atoms with Gasteiger partial charge in [0.2, 0.25) is 0 Å². The van der Waals surface area contributed by atoms with Crippen LogP contribution in [0.2, 0.25) is 5.02 Å². The summed E-state index contributed by atoms with van der Waals surface area (Å²) >= 11 is 6.17. The van der Waals surface area contributed by atoms with Crippen molar-refractivity contribution in [3.05, 3.63) is 81.4 Å². The first-order chi connectivity index (χ1) is 14.4. The molecule has 0 aliphatic carbocycles. The fraction of sp³-hybridized carbons (Fsp3) is 0.136. The van der Waals surface area contributed by atoms with E-state index in [-0.39, 0.29) is 22.4 Å². The Kier molecular flexibility index (Phi) is 5.05. The standard InChI is InChI=1S/C22H18ClN3O4/c1-13-6-4-5-7-17(13)26-21(27)15-11-25(12-16(20(15)24-26)22(28)30-3)18-10-14(23)8-9-19(18)29-2/h4-12H,1-3H3. The molecule has 2 aromatic carbocycles. The Morgan fingerprint density at radius 1 is 1.07 bits per heavy atom. The van der Waals surface area contributed by atoms with E-state index in [9.17, 15) is 9.59 Å². The third kappa shape index (κ3) is 3.23. The molecule has 2 aliphatic heterocycles. The number of carbonyl (C=O) groups is 1. The Morgan fingerprint density at radius 2 is 1.83 bits per heavy atom. The topological polar surface area (TPSA) is 75.3 Å². The number of pyridine rings is 1. The maximum absolute atomic E-state index is 13.2. The molecule has 4 rings (SSSR count). The number of ether oxygens (including phenoxy) is 2. The summed E-state index contributed by atoms with van der Waals surface area (Å²) in [5.41, 5.74) is 2.42. The number of benzene rings is 2. The van der Waals surface area contributed by atoms with Crippen LogP contribution in [-0.2, 0) is 4.74 Å². The van der Waals surface area contributed by atoms with E-state index in [1.54, 1.807) is 41.2 Å². The fourth-order valence-corrected chi connectivity index (χ4v) is 3.50. The van der Waals surface area contributed by atoms with Gasteiger partial charge in [-0.15, -0.1) is 0 Å². The maximum Gasteiger partial charge on any atom is 0.341 e. The van der Waals surface area contributed by atoms with Gasteiger partial charge in [-0.05, 0) is 36.8 Å². The van der Waals surface area contributed by atoms with Crippen molar-refractivity contribution in [3.63, 3.8) is 0 Å². The quantitative estimate of drug-likeness (QED) is 0.465. The maximum atomic E-state index is 13.2. The van der Waals surface area contributed by atoms with Crippen molar-refractivity contribution in [1.82, 2.24) is 14.3 Å².